The van der Waals surface area contributed by atoms with Crippen molar-refractivity contribution in [3.63, 3.8) is 0 Å². The van der Waals surface area contributed by atoms with Crippen LogP contribution < -0.4 is 0 Å². The zero-order valence-electron chi connectivity index (χ0n) is 8.86. The second kappa shape index (κ2) is 5.30. The third-order valence-electron chi connectivity index (χ3n) is 2.59. The highest BCUT2D eigenvalue weighted by Gasteiger charge is 2.28. The summed E-state index contributed by atoms with van der Waals surface area (Å²) in [5.41, 5.74) is 0.546. The molecule has 78 valence electrons. The zero-order chi connectivity index (χ0) is 11.1. The Labute approximate surface area is 91.1 Å². The van der Waals surface area contributed by atoms with Gasteiger partial charge in [-0.05, 0) is 18.4 Å². The van der Waals surface area contributed by atoms with Crippen LogP contribution in [-0.2, 0) is 10.2 Å². The van der Waals surface area contributed by atoms with Crippen LogP contribution in [0.1, 0.15) is 18.4 Å². The van der Waals surface area contributed by atoms with Gasteiger partial charge in [0.2, 0.25) is 0 Å². The Hall–Kier alpha value is -1.63. The first kappa shape index (κ1) is 11.4. The highest BCUT2D eigenvalue weighted by molar-refractivity contribution is 5.69. The van der Waals surface area contributed by atoms with Crippen LogP contribution in [0.5, 0.6) is 0 Å². The number of carbonyl (C=O) groups excluding carboxylic acids is 1. The van der Waals surface area contributed by atoms with E-state index in [0.29, 0.717) is 12.8 Å². The van der Waals surface area contributed by atoms with E-state index < -0.39 is 5.41 Å². The molecule has 0 unspecified atom stereocenters. The summed E-state index contributed by atoms with van der Waals surface area (Å²) in [6.45, 7) is 7.42. The Bertz CT molecular complexity index is 328. The third kappa shape index (κ3) is 2.44. The molecule has 0 amide bonds. The molecule has 0 saturated heterocycles. The molecule has 0 fully saturated rings. The van der Waals surface area contributed by atoms with Crippen molar-refractivity contribution in [3.05, 3.63) is 61.2 Å². The van der Waals surface area contributed by atoms with E-state index in [9.17, 15) is 4.79 Å². The lowest BCUT2D eigenvalue weighted by Crippen LogP contribution is -2.26. The second-order valence-electron chi connectivity index (χ2n) is 3.63. The normalized spacial score (nSPS) is 10.7. The van der Waals surface area contributed by atoms with Crippen molar-refractivity contribution in [3.8, 4) is 0 Å². The van der Waals surface area contributed by atoms with Gasteiger partial charge in [-0.1, -0.05) is 42.5 Å². The van der Waals surface area contributed by atoms with E-state index in [1.807, 2.05) is 30.3 Å². The van der Waals surface area contributed by atoms with Gasteiger partial charge in [-0.2, -0.15) is 0 Å². The molecule has 0 aliphatic carbocycles. The average Bonchev–Trinajstić information content (AvgIpc) is 2.30. The van der Waals surface area contributed by atoms with Crippen LogP contribution in [0.3, 0.4) is 0 Å². The Kier molecular flexibility index (Phi) is 4.04. The van der Waals surface area contributed by atoms with Gasteiger partial charge in [0.05, 0.1) is 5.41 Å². The van der Waals surface area contributed by atoms with E-state index in [0.717, 1.165) is 11.8 Å². The maximum atomic E-state index is 11.3. The van der Waals surface area contributed by atoms with Crippen molar-refractivity contribution in [1.82, 2.24) is 0 Å². The quantitative estimate of drug-likeness (QED) is 0.508. The van der Waals surface area contributed by atoms with Gasteiger partial charge in [-0.25, -0.2) is 0 Å². The lowest BCUT2D eigenvalue weighted by molar-refractivity contribution is -0.112. The van der Waals surface area contributed by atoms with Gasteiger partial charge in [-0.15, -0.1) is 13.2 Å². The molecule has 0 aromatic heterocycles. The van der Waals surface area contributed by atoms with Crippen molar-refractivity contribution in [2.24, 2.45) is 0 Å². The second-order valence-corrected chi connectivity index (χ2v) is 3.63. The molecule has 0 aliphatic heterocycles. The number of allylic oxidation sites excluding steroid dienone is 2. The fraction of sp³-hybridized carbons (Fsp3) is 0.214. The molecular formula is C14H16O. The molecule has 0 aliphatic rings. The summed E-state index contributed by atoms with van der Waals surface area (Å²) in [7, 11) is 0. The Morgan fingerprint density at radius 1 is 1.07 bits per heavy atom. The predicted molar refractivity (Wildman–Crippen MR) is 63.8 cm³/mol. The van der Waals surface area contributed by atoms with Crippen molar-refractivity contribution in [1.29, 1.82) is 0 Å². The van der Waals surface area contributed by atoms with Crippen molar-refractivity contribution in [2.75, 3.05) is 0 Å². The van der Waals surface area contributed by atoms with Crippen LogP contribution in [0.2, 0.25) is 0 Å². The Balaban J connectivity index is 3.13. The minimum absolute atomic E-state index is 0.481. The summed E-state index contributed by atoms with van der Waals surface area (Å²) in [5, 5.41) is 0. The molecule has 0 N–H and O–H groups in total. The molecule has 0 heterocycles. The maximum absolute atomic E-state index is 11.3. The fourth-order valence-corrected chi connectivity index (χ4v) is 1.77. The summed E-state index contributed by atoms with van der Waals surface area (Å²) in [4.78, 5) is 11.3. The molecule has 1 rings (SSSR count). The van der Waals surface area contributed by atoms with Gasteiger partial charge in [0, 0.05) is 0 Å². The molecule has 1 aromatic carbocycles. The minimum Gasteiger partial charge on any atom is -0.302 e. The molecular weight excluding hydrogens is 184 g/mol. The predicted octanol–water partition coefficient (Wildman–Crippen LogP) is 3.28. The SMILES string of the molecule is C=CCC(C=O)(CC=C)c1ccccc1. The number of rotatable bonds is 6. The maximum Gasteiger partial charge on any atom is 0.131 e. The third-order valence-corrected chi connectivity index (χ3v) is 2.59. The average molecular weight is 200 g/mol. The Morgan fingerprint density at radius 3 is 2.00 bits per heavy atom. The van der Waals surface area contributed by atoms with Crippen LogP contribution in [0, 0.1) is 0 Å². The van der Waals surface area contributed by atoms with Crippen LogP contribution in [0.25, 0.3) is 0 Å². The number of benzene rings is 1. The van der Waals surface area contributed by atoms with Gasteiger partial charge in [0.15, 0.2) is 0 Å². The van der Waals surface area contributed by atoms with Gasteiger partial charge in [0.25, 0.3) is 0 Å². The van der Waals surface area contributed by atoms with Gasteiger partial charge in [0.1, 0.15) is 6.29 Å². The fourth-order valence-electron chi connectivity index (χ4n) is 1.77. The van der Waals surface area contributed by atoms with Crippen LogP contribution in [-0.4, -0.2) is 6.29 Å². The van der Waals surface area contributed by atoms with E-state index in [1.54, 1.807) is 12.2 Å². The lowest BCUT2D eigenvalue weighted by Gasteiger charge is -2.25. The van der Waals surface area contributed by atoms with Crippen LogP contribution in [0.15, 0.2) is 55.6 Å². The highest BCUT2D eigenvalue weighted by atomic mass is 16.1. The molecule has 0 atom stereocenters. The van der Waals surface area contributed by atoms with Crippen LogP contribution in [0.4, 0.5) is 0 Å². The summed E-state index contributed by atoms with van der Waals surface area (Å²) >= 11 is 0. The largest absolute Gasteiger partial charge is 0.302 e. The lowest BCUT2D eigenvalue weighted by atomic mass is 9.76. The highest BCUT2D eigenvalue weighted by Crippen LogP contribution is 2.30. The van der Waals surface area contributed by atoms with Gasteiger partial charge in [-0.3, -0.25) is 0 Å². The number of hydrogen-bond donors (Lipinski definition) is 0. The summed E-state index contributed by atoms with van der Waals surface area (Å²) in [5.74, 6) is 0. The van der Waals surface area contributed by atoms with Crippen molar-refractivity contribution >= 4 is 6.29 Å². The first-order valence-corrected chi connectivity index (χ1v) is 5.03. The monoisotopic (exact) mass is 200 g/mol. The zero-order valence-corrected chi connectivity index (χ0v) is 8.86. The van der Waals surface area contributed by atoms with Gasteiger partial charge < -0.3 is 4.79 Å². The molecule has 0 saturated carbocycles. The molecule has 15 heavy (non-hydrogen) atoms. The molecule has 1 heteroatoms. The molecule has 0 bridgehead atoms. The summed E-state index contributed by atoms with van der Waals surface area (Å²) in [6.07, 6.45) is 5.86. The first-order valence-electron chi connectivity index (χ1n) is 5.03. The van der Waals surface area contributed by atoms with E-state index in [-0.39, 0.29) is 0 Å². The number of carbonyl (C=O) groups is 1. The minimum atomic E-state index is -0.481. The van der Waals surface area contributed by atoms with Gasteiger partial charge >= 0.3 is 0 Å². The van der Waals surface area contributed by atoms with Crippen molar-refractivity contribution in [2.45, 2.75) is 18.3 Å². The van der Waals surface area contributed by atoms with Crippen molar-refractivity contribution < 1.29 is 4.79 Å². The number of hydrogen-bond acceptors (Lipinski definition) is 1. The smallest absolute Gasteiger partial charge is 0.131 e. The van der Waals surface area contributed by atoms with E-state index in [2.05, 4.69) is 13.2 Å². The first-order chi connectivity index (χ1) is 7.29. The molecule has 0 radical (unpaired) electrons. The molecule has 0 spiro atoms. The summed E-state index contributed by atoms with van der Waals surface area (Å²) in [6, 6.07) is 9.78. The summed E-state index contributed by atoms with van der Waals surface area (Å²) < 4.78 is 0. The molecule has 1 aromatic rings. The van der Waals surface area contributed by atoms with E-state index >= 15 is 0 Å². The topological polar surface area (TPSA) is 17.1 Å². The standard InChI is InChI=1S/C14H16O/c1-3-10-14(12-15,11-4-2)13-8-6-5-7-9-13/h3-9,12H,1-2,10-11H2. The Morgan fingerprint density at radius 2 is 1.60 bits per heavy atom. The van der Waals surface area contributed by atoms with Crippen LogP contribution >= 0.6 is 0 Å². The van der Waals surface area contributed by atoms with E-state index in [1.165, 1.54) is 0 Å². The number of aldehydes is 1. The van der Waals surface area contributed by atoms with E-state index in [4.69, 9.17) is 0 Å². The molecule has 1 nitrogen and oxygen atoms in total.